The van der Waals surface area contributed by atoms with Crippen molar-refractivity contribution in [3.8, 4) is 0 Å². The van der Waals surface area contributed by atoms with Crippen molar-refractivity contribution in [1.82, 2.24) is 20.1 Å². The van der Waals surface area contributed by atoms with Gasteiger partial charge in [0.25, 0.3) is 0 Å². The highest BCUT2D eigenvalue weighted by molar-refractivity contribution is 7.11. The van der Waals surface area contributed by atoms with Gasteiger partial charge in [0.15, 0.2) is 0 Å². The number of H-pyrrole nitrogens is 1. The van der Waals surface area contributed by atoms with Crippen LogP contribution < -0.4 is 0 Å². The van der Waals surface area contributed by atoms with Crippen LogP contribution in [-0.2, 0) is 16.1 Å². The van der Waals surface area contributed by atoms with Gasteiger partial charge in [0.05, 0.1) is 22.4 Å². The summed E-state index contributed by atoms with van der Waals surface area (Å²) < 4.78 is 63.5. The molecule has 1 aliphatic rings. The van der Waals surface area contributed by atoms with Gasteiger partial charge in [-0.05, 0) is 46.7 Å². The van der Waals surface area contributed by atoms with Crippen LogP contribution in [-0.4, -0.2) is 61.6 Å². The Kier molecular flexibility index (Phi) is 10.0. The Morgan fingerprint density at radius 2 is 1.62 bits per heavy atom. The van der Waals surface area contributed by atoms with Crippen molar-refractivity contribution in [2.45, 2.75) is 64.5 Å². The molecule has 0 amide bonds. The lowest BCUT2D eigenvalue weighted by Crippen LogP contribution is -2.23. The Hall–Kier alpha value is -2.68. The second-order valence-corrected chi connectivity index (χ2v) is 8.87. The number of halogens is 6. The molecule has 3 rings (SSSR count). The summed E-state index contributed by atoms with van der Waals surface area (Å²) in [6.07, 6.45) is -7.57. The standard InChI is InChI=1S/C15H22N4S.2C2HF3O2/c1-9(15-10(2)20-11(3)16-15)19(4)8-13-7-14(18-17-13)12-5-6-12;2*3-2(4,5)1(6)7/h7,9,12H,5-6,8H2,1-4H3,(H,17,18);2*(H,6,7). The summed E-state index contributed by atoms with van der Waals surface area (Å²) in [6, 6.07) is 2.55. The minimum absolute atomic E-state index is 0.327. The maximum atomic E-state index is 10.6. The van der Waals surface area contributed by atoms with Crippen LogP contribution in [0, 0.1) is 13.8 Å². The molecule has 0 saturated heterocycles. The number of nitrogens with one attached hydrogen (secondary N) is 1. The molecule has 0 aromatic carbocycles. The number of aromatic nitrogens is 3. The van der Waals surface area contributed by atoms with Crippen molar-refractivity contribution in [2.24, 2.45) is 0 Å². The van der Waals surface area contributed by atoms with Gasteiger partial charge < -0.3 is 10.2 Å². The highest BCUT2D eigenvalue weighted by Gasteiger charge is 2.38. The number of aryl methyl sites for hydroxylation is 2. The third-order valence-corrected chi connectivity index (χ3v) is 5.45. The quantitative estimate of drug-likeness (QED) is 0.486. The Morgan fingerprint density at radius 1 is 1.15 bits per heavy atom. The van der Waals surface area contributed by atoms with Crippen molar-refractivity contribution in [1.29, 1.82) is 0 Å². The molecule has 34 heavy (non-hydrogen) atoms. The van der Waals surface area contributed by atoms with Crippen LogP contribution in [0.5, 0.6) is 0 Å². The number of alkyl halides is 6. The zero-order valence-corrected chi connectivity index (χ0v) is 19.4. The summed E-state index contributed by atoms with van der Waals surface area (Å²) in [6.45, 7) is 7.34. The monoisotopic (exact) mass is 518 g/mol. The van der Waals surface area contributed by atoms with Crippen molar-refractivity contribution in [3.63, 3.8) is 0 Å². The summed E-state index contributed by atoms with van der Waals surface area (Å²) in [4.78, 5) is 26.1. The predicted octanol–water partition coefficient (Wildman–Crippen LogP) is 4.82. The summed E-state index contributed by atoms with van der Waals surface area (Å²) in [5, 5.41) is 23.0. The SMILES string of the molecule is Cc1nc(C(C)N(C)Cc2cc(C3CC3)n[nH]2)c(C)s1.O=C(O)C(F)(F)F.O=C(O)C(F)(F)F. The number of hydrogen-bond acceptors (Lipinski definition) is 6. The molecule has 1 fully saturated rings. The summed E-state index contributed by atoms with van der Waals surface area (Å²) >= 11 is 1.78. The molecule has 3 N–H and O–H groups in total. The number of carboxylic acids is 2. The fourth-order valence-electron chi connectivity index (χ4n) is 2.60. The highest BCUT2D eigenvalue weighted by atomic mass is 32.1. The minimum atomic E-state index is -5.08. The average molecular weight is 518 g/mol. The van der Waals surface area contributed by atoms with Gasteiger partial charge in [0.2, 0.25) is 0 Å². The van der Waals surface area contributed by atoms with Crippen LogP contribution in [0.4, 0.5) is 26.3 Å². The van der Waals surface area contributed by atoms with Gasteiger partial charge in [0.1, 0.15) is 0 Å². The molecule has 1 atom stereocenters. The van der Waals surface area contributed by atoms with Gasteiger partial charge in [0, 0.05) is 23.0 Å². The van der Waals surface area contributed by atoms with Crippen molar-refractivity contribution < 1.29 is 46.1 Å². The topological polar surface area (TPSA) is 119 Å². The Labute approximate surface area is 194 Å². The first-order valence-electron chi connectivity index (χ1n) is 9.72. The lowest BCUT2D eigenvalue weighted by atomic mass is 10.2. The first-order valence-corrected chi connectivity index (χ1v) is 10.5. The van der Waals surface area contributed by atoms with E-state index >= 15 is 0 Å². The molecule has 1 aliphatic carbocycles. The third kappa shape index (κ3) is 9.67. The zero-order chi connectivity index (χ0) is 26.4. The predicted molar refractivity (Wildman–Crippen MR) is 109 cm³/mol. The molecule has 15 heteroatoms. The summed E-state index contributed by atoms with van der Waals surface area (Å²) in [7, 11) is 2.15. The second-order valence-electron chi connectivity index (χ2n) is 7.46. The van der Waals surface area contributed by atoms with E-state index < -0.39 is 24.3 Å². The minimum Gasteiger partial charge on any atom is -0.475 e. The summed E-state index contributed by atoms with van der Waals surface area (Å²) in [5.74, 6) is -4.80. The maximum Gasteiger partial charge on any atom is 0.490 e. The molecule has 8 nitrogen and oxygen atoms in total. The fourth-order valence-corrected chi connectivity index (χ4v) is 3.50. The van der Waals surface area contributed by atoms with Gasteiger partial charge in [-0.25, -0.2) is 14.6 Å². The van der Waals surface area contributed by atoms with Crippen LogP contribution in [0.25, 0.3) is 0 Å². The molecule has 0 aliphatic heterocycles. The number of aliphatic carboxylic acids is 2. The number of thiazole rings is 1. The highest BCUT2D eigenvalue weighted by Crippen LogP contribution is 2.39. The van der Waals surface area contributed by atoms with E-state index in [9.17, 15) is 26.3 Å². The van der Waals surface area contributed by atoms with Crippen LogP contribution >= 0.6 is 11.3 Å². The zero-order valence-electron chi connectivity index (χ0n) is 18.6. The van der Waals surface area contributed by atoms with E-state index in [0.29, 0.717) is 12.0 Å². The van der Waals surface area contributed by atoms with E-state index in [1.54, 1.807) is 11.3 Å². The molecule has 1 unspecified atom stereocenters. The number of hydrogen-bond donors (Lipinski definition) is 3. The molecule has 2 heterocycles. The van der Waals surface area contributed by atoms with Crippen LogP contribution in [0.3, 0.4) is 0 Å². The van der Waals surface area contributed by atoms with Crippen molar-refractivity contribution in [3.05, 3.63) is 33.0 Å². The van der Waals surface area contributed by atoms with E-state index in [4.69, 9.17) is 19.8 Å². The molecule has 192 valence electrons. The van der Waals surface area contributed by atoms with Crippen LogP contribution in [0.2, 0.25) is 0 Å². The molecule has 0 spiro atoms. The number of rotatable bonds is 5. The van der Waals surface area contributed by atoms with Crippen molar-refractivity contribution in [2.75, 3.05) is 7.05 Å². The van der Waals surface area contributed by atoms with Gasteiger partial charge >= 0.3 is 24.3 Å². The number of nitrogens with zero attached hydrogens (tertiary/aromatic N) is 3. The van der Waals surface area contributed by atoms with Gasteiger partial charge in [-0.1, -0.05) is 0 Å². The number of aromatic amines is 1. The van der Waals surface area contributed by atoms with E-state index in [1.165, 1.54) is 34.8 Å². The summed E-state index contributed by atoms with van der Waals surface area (Å²) in [5.41, 5.74) is 3.64. The Bertz CT molecular complexity index is 945. The lowest BCUT2D eigenvalue weighted by molar-refractivity contribution is -0.193. The molecular formula is C19H24F6N4O4S. The average Bonchev–Trinajstić information content (AvgIpc) is 3.34. The molecule has 2 aromatic heterocycles. The number of carbonyl (C=O) groups is 2. The Balaban J connectivity index is 0.000000343. The lowest BCUT2D eigenvalue weighted by Gasteiger charge is -2.23. The van der Waals surface area contributed by atoms with E-state index in [2.05, 4.69) is 54.0 Å². The van der Waals surface area contributed by atoms with Crippen molar-refractivity contribution >= 4 is 23.3 Å². The van der Waals surface area contributed by atoms with E-state index in [1.807, 2.05) is 0 Å². The fraction of sp³-hybridized carbons (Fsp3) is 0.579. The van der Waals surface area contributed by atoms with E-state index in [0.717, 1.165) is 11.6 Å². The molecule has 0 bridgehead atoms. The molecule has 1 saturated carbocycles. The van der Waals surface area contributed by atoms with Crippen LogP contribution in [0.1, 0.15) is 58.7 Å². The molecule has 2 aromatic rings. The van der Waals surface area contributed by atoms with Gasteiger partial charge in [-0.15, -0.1) is 11.3 Å². The normalized spacial score (nSPS) is 14.6. The maximum absolute atomic E-state index is 10.6. The first-order chi connectivity index (χ1) is 15.4. The number of carboxylic acid groups (broad SMARTS) is 2. The Morgan fingerprint density at radius 3 is 1.97 bits per heavy atom. The van der Waals surface area contributed by atoms with Crippen LogP contribution in [0.15, 0.2) is 6.07 Å². The molecule has 0 radical (unpaired) electrons. The van der Waals surface area contributed by atoms with E-state index in [-0.39, 0.29) is 0 Å². The van der Waals surface area contributed by atoms with Gasteiger partial charge in [-0.3, -0.25) is 10.00 Å². The molecular weight excluding hydrogens is 494 g/mol. The largest absolute Gasteiger partial charge is 0.490 e. The van der Waals surface area contributed by atoms with Gasteiger partial charge in [-0.2, -0.15) is 31.4 Å². The first kappa shape index (κ1) is 29.4. The smallest absolute Gasteiger partial charge is 0.475 e. The third-order valence-electron chi connectivity index (χ3n) is 4.55. The second kappa shape index (κ2) is 11.6.